The summed E-state index contributed by atoms with van der Waals surface area (Å²) in [4.78, 5) is 24.0. The smallest absolute Gasteiger partial charge is 0.349 e. The normalized spacial score (nSPS) is 14.3. The highest BCUT2D eigenvalue weighted by Gasteiger charge is 2.26. The maximum atomic E-state index is 14.8. The molecule has 1 saturated heterocycles. The molecule has 3 heterocycles. The second-order valence-corrected chi connectivity index (χ2v) is 7.83. The fraction of sp³-hybridized carbons (Fsp3) is 0.208. The molecule has 0 saturated carbocycles. The average molecular weight is 448 g/mol. The van der Waals surface area contributed by atoms with Gasteiger partial charge in [-0.25, -0.2) is 9.18 Å². The molecule has 0 unspecified atom stereocenters. The molecular formula is C24H21FN4O4. The van der Waals surface area contributed by atoms with Crippen LogP contribution in [0.4, 0.5) is 10.2 Å². The number of fused-ring (bicyclic) bond motifs is 2. The molecule has 0 radical (unpaired) electrons. The summed E-state index contributed by atoms with van der Waals surface area (Å²) in [5.41, 5.74) is 1.13. The molecule has 0 atom stereocenters. The van der Waals surface area contributed by atoms with Crippen LogP contribution in [-0.2, 0) is 0 Å². The minimum atomic E-state index is -0.678. The van der Waals surface area contributed by atoms with E-state index >= 15 is 0 Å². The lowest BCUT2D eigenvalue weighted by Gasteiger charge is -2.31. The Morgan fingerprint density at radius 3 is 2.85 bits per heavy atom. The van der Waals surface area contributed by atoms with Crippen molar-refractivity contribution >= 4 is 27.5 Å². The van der Waals surface area contributed by atoms with Crippen LogP contribution < -0.4 is 20.6 Å². The Morgan fingerprint density at radius 1 is 1.27 bits per heavy atom. The van der Waals surface area contributed by atoms with E-state index in [1.54, 1.807) is 19.1 Å². The fourth-order valence-electron chi connectivity index (χ4n) is 4.24. The summed E-state index contributed by atoms with van der Waals surface area (Å²) in [6.45, 7) is 7.57. The molecule has 2 N–H and O–H groups in total. The first-order chi connectivity index (χ1) is 15.9. The zero-order valence-electron chi connectivity index (χ0n) is 18.1. The highest BCUT2D eigenvalue weighted by molar-refractivity contribution is 6.01. The number of hydrogen-bond acceptors (Lipinski definition) is 8. The summed E-state index contributed by atoms with van der Waals surface area (Å²) >= 11 is 0. The predicted molar refractivity (Wildman–Crippen MR) is 123 cm³/mol. The van der Waals surface area contributed by atoms with Crippen molar-refractivity contribution in [2.24, 2.45) is 0 Å². The van der Waals surface area contributed by atoms with E-state index in [2.05, 4.69) is 21.9 Å². The Morgan fingerprint density at radius 2 is 2.09 bits per heavy atom. The third-order valence-electron chi connectivity index (χ3n) is 5.78. The molecule has 9 heteroatoms. The molecule has 1 aliphatic rings. The highest BCUT2D eigenvalue weighted by Crippen LogP contribution is 2.38. The van der Waals surface area contributed by atoms with Crippen LogP contribution in [-0.4, -0.2) is 41.8 Å². The van der Waals surface area contributed by atoms with E-state index in [0.717, 1.165) is 5.70 Å². The van der Waals surface area contributed by atoms with Gasteiger partial charge in [0.05, 0.1) is 12.6 Å². The number of aryl methyl sites for hydroxylation is 1. The molecule has 0 spiro atoms. The van der Waals surface area contributed by atoms with E-state index in [9.17, 15) is 14.3 Å². The molecule has 0 amide bonds. The lowest BCUT2D eigenvalue weighted by atomic mass is 9.98. The van der Waals surface area contributed by atoms with Gasteiger partial charge in [-0.2, -0.15) is 9.97 Å². The second kappa shape index (κ2) is 7.86. The maximum Gasteiger partial charge on any atom is 0.349 e. The van der Waals surface area contributed by atoms with Gasteiger partial charge in [-0.3, -0.25) is 0 Å². The van der Waals surface area contributed by atoms with Crippen molar-refractivity contribution in [2.75, 3.05) is 31.6 Å². The molecular weight excluding hydrogens is 427 g/mol. The number of ether oxygens (including phenoxy) is 1. The van der Waals surface area contributed by atoms with Gasteiger partial charge >= 0.3 is 11.6 Å². The summed E-state index contributed by atoms with van der Waals surface area (Å²) in [6.07, 6.45) is 0. The standard InChI is InChI=1S/C24H21FN4O4/c1-12-11-26-7-8-29(12)22-19-20(27-24(28-22)32-3)13(2)21(33-23(19)31)16-10-15(30)9-14-5-4-6-17(25)18(14)16/h4-6,9-10,26,30H,1,7-8,11H2,2-3H3. The zero-order chi connectivity index (χ0) is 23.3. The Hall–Kier alpha value is -3.98. The lowest BCUT2D eigenvalue weighted by Crippen LogP contribution is -2.42. The van der Waals surface area contributed by atoms with Crippen molar-refractivity contribution in [3.05, 3.63) is 64.4 Å². The third kappa shape index (κ3) is 3.37. The van der Waals surface area contributed by atoms with Crippen LogP contribution in [0.25, 0.3) is 33.0 Å². The van der Waals surface area contributed by atoms with Gasteiger partial charge in [0.25, 0.3) is 0 Å². The Bertz CT molecular complexity index is 1500. The Labute approximate surface area is 187 Å². The van der Waals surface area contributed by atoms with Crippen LogP contribution in [0.15, 0.2) is 51.8 Å². The largest absolute Gasteiger partial charge is 0.508 e. The van der Waals surface area contributed by atoms with Crippen molar-refractivity contribution in [1.29, 1.82) is 0 Å². The third-order valence-corrected chi connectivity index (χ3v) is 5.78. The molecule has 168 valence electrons. The zero-order valence-corrected chi connectivity index (χ0v) is 18.1. The van der Waals surface area contributed by atoms with E-state index in [0.29, 0.717) is 41.9 Å². The van der Waals surface area contributed by atoms with E-state index < -0.39 is 11.4 Å². The molecule has 0 aliphatic carbocycles. The van der Waals surface area contributed by atoms with Gasteiger partial charge in [0.1, 0.15) is 22.7 Å². The number of methoxy groups -OCH3 is 1. The average Bonchev–Trinajstić information content (AvgIpc) is 2.80. The first-order valence-corrected chi connectivity index (χ1v) is 10.4. The number of phenolic OH excluding ortho intramolecular Hbond substituents is 1. The van der Waals surface area contributed by atoms with E-state index in [-0.39, 0.29) is 33.9 Å². The molecule has 2 aromatic carbocycles. The molecule has 8 nitrogen and oxygen atoms in total. The number of benzene rings is 2. The first-order valence-electron chi connectivity index (χ1n) is 10.4. The number of piperazine rings is 1. The summed E-state index contributed by atoms with van der Waals surface area (Å²) in [5.74, 6) is -0.117. The highest BCUT2D eigenvalue weighted by atomic mass is 19.1. The minimum absolute atomic E-state index is 0.0791. The van der Waals surface area contributed by atoms with Crippen LogP contribution in [0.3, 0.4) is 0 Å². The number of anilines is 1. The van der Waals surface area contributed by atoms with Crippen LogP contribution >= 0.6 is 0 Å². The van der Waals surface area contributed by atoms with Crippen molar-refractivity contribution < 1.29 is 18.7 Å². The van der Waals surface area contributed by atoms with E-state index in [1.807, 2.05) is 4.90 Å². The molecule has 0 bridgehead atoms. The summed E-state index contributed by atoms with van der Waals surface area (Å²) < 4.78 is 25.9. The molecule has 1 fully saturated rings. The molecule has 2 aromatic heterocycles. The lowest BCUT2D eigenvalue weighted by molar-refractivity contribution is 0.381. The summed E-state index contributed by atoms with van der Waals surface area (Å²) in [7, 11) is 1.44. The topological polar surface area (TPSA) is 101 Å². The van der Waals surface area contributed by atoms with Crippen LogP contribution in [0.1, 0.15) is 5.56 Å². The second-order valence-electron chi connectivity index (χ2n) is 7.83. The first kappa shape index (κ1) is 20.9. The molecule has 4 aromatic rings. The van der Waals surface area contributed by atoms with Crippen LogP contribution in [0.5, 0.6) is 11.8 Å². The number of phenols is 1. The van der Waals surface area contributed by atoms with Gasteiger partial charge in [-0.05, 0) is 30.5 Å². The van der Waals surface area contributed by atoms with Crippen molar-refractivity contribution in [1.82, 2.24) is 15.3 Å². The van der Waals surface area contributed by atoms with Gasteiger partial charge in [0.15, 0.2) is 5.82 Å². The van der Waals surface area contributed by atoms with Crippen LogP contribution in [0.2, 0.25) is 0 Å². The minimum Gasteiger partial charge on any atom is -0.508 e. The van der Waals surface area contributed by atoms with Crippen molar-refractivity contribution in [3.8, 4) is 23.1 Å². The Kier molecular flexibility index (Phi) is 4.98. The Balaban J connectivity index is 1.85. The van der Waals surface area contributed by atoms with Gasteiger partial charge in [0, 0.05) is 41.8 Å². The fourth-order valence-corrected chi connectivity index (χ4v) is 4.24. The number of hydrogen-bond donors (Lipinski definition) is 2. The molecule has 33 heavy (non-hydrogen) atoms. The van der Waals surface area contributed by atoms with E-state index in [4.69, 9.17) is 9.15 Å². The SMILES string of the molecule is C=C1CNCCN1c1nc(OC)nc2c(C)c(-c3cc(O)cc4cccc(F)c34)oc(=O)c12. The quantitative estimate of drug-likeness (QED) is 0.491. The number of nitrogens with one attached hydrogen (secondary N) is 1. The monoisotopic (exact) mass is 448 g/mol. The van der Waals surface area contributed by atoms with Gasteiger partial charge < -0.3 is 24.5 Å². The summed E-state index contributed by atoms with van der Waals surface area (Å²) in [6, 6.07) is 7.45. The number of halogens is 1. The molecule has 1 aliphatic heterocycles. The van der Waals surface area contributed by atoms with Gasteiger partial charge in [-0.1, -0.05) is 18.7 Å². The number of aromatic nitrogens is 2. The maximum absolute atomic E-state index is 14.8. The van der Waals surface area contributed by atoms with E-state index in [1.165, 1.54) is 25.3 Å². The summed E-state index contributed by atoms with van der Waals surface area (Å²) in [5, 5.41) is 14.4. The van der Waals surface area contributed by atoms with Gasteiger partial charge in [0.2, 0.25) is 0 Å². The van der Waals surface area contributed by atoms with Crippen molar-refractivity contribution in [2.45, 2.75) is 6.92 Å². The number of rotatable bonds is 3. The molecule has 5 rings (SSSR count). The van der Waals surface area contributed by atoms with Crippen molar-refractivity contribution in [3.63, 3.8) is 0 Å². The predicted octanol–water partition coefficient (Wildman–Crippen LogP) is 3.49. The number of nitrogens with zero attached hydrogens (tertiary/aromatic N) is 3. The van der Waals surface area contributed by atoms with Gasteiger partial charge in [-0.15, -0.1) is 0 Å². The number of aromatic hydroxyl groups is 1. The van der Waals surface area contributed by atoms with Crippen LogP contribution in [0, 0.1) is 12.7 Å².